The number of fused-ring (bicyclic) bond motifs is 1. The van der Waals surface area contributed by atoms with Crippen molar-refractivity contribution in [2.24, 2.45) is 0 Å². The van der Waals surface area contributed by atoms with Crippen LogP contribution in [0.1, 0.15) is 32.3 Å². The summed E-state index contributed by atoms with van der Waals surface area (Å²) >= 11 is 0. The molecular formula is C24H24FN3O2. The van der Waals surface area contributed by atoms with E-state index >= 15 is 0 Å². The van der Waals surface area contributed by atoms with Crippen LogP contribution in [0, 0.1) is 11.3 Å². The molecule has 1 saturated heterocycles. The number of carbonyl (C=O) groups excluding carboxylic acids is 1. The Balaban J connectivity index is 1.83. The number of hydrogen-bond acceptors (Lipinski definition) is 3. The number of ether oxygens (including phenoxy) is 1. The van der Waals surface area contributed by atoms with Crippen LogP contribution in [0.3, 0.4) is 0 Å². The second-order valence-corrected chi connectivity index (χ2v) is 7.72. The van der Waals surface area contributed by atoms with E-state index in [9.17, 15) is 14.4 Å². The summed E-state index contributed by atoms with van der Waals surface area (Å²) in [7, 11) is 0. The van der Waals surface area contributed by atoms with Gasteiger partial charge in [-0.2, -0.15) is 5.26 Å². The van der Waals surface area contributed by atoms with E-state index in [1.165, 1.54) is 0 Å². The molecule has 0 atom stereocenters. The fourth-order valence-electron chi connectivity index (χ4n) is 4.13. The highest BCUT2D eigenvalue weighted by molar-refractivity contribution is 5.97. The first kappa shape index (κ1) is 20.0. The van der Waals surface area contributed by atoms with Crippen molar-refractivity contribution >= 4 is 22.5 Å². The van der Waals surface area contributed by atoms with Gasteiger partial charge in [0.05, 0.1) is 29.4 Å². The van der Waals surface area contributed by atoms with E-state index in [1.807, 2.05) is 60.9 Å². The summed E-state index contributed by atoms with van der Waals surface area (Å²) in [6.45, 7) is 4.22. The Morgan fingerprint density at radius 2 is 1.97 bits per heavy atom. The Bertz CT molecular complexity index is 1130. The number of amides is 1. The number of nitriles is 1. The fourth-order valence-corrected chi connectivity index (χ4v) is 4.13. The zero-order valence-corrected chi connectivity index (χ0v) is 17.2. The average Bonchev–Trinajstić information content (AvgIpc) is 3.29. The van der Waals surface area contributed by atoms with Gasteiger partial charge in [-0.1, -0.05) is 12.1 Å². The normalized spacial score (nSPS) is 14.0. The lowest BCUT2D eigenvalue weighted by Gasteiger charge is -2.16. The lowest BCUT2D eigenvalue weighted by Crippen LogP contribution is -2.23. The van der Waals surface area contributed by atoms with E-state index in [-0.39, 0.29) is 18.6 Å². The minimum atomic E-state index is -0.544. The van der Waals surface area contributed by atoms with Crippen LogP contribution < -0.4 is 9.64 Å². The van der Waals surface area contributed by atoms with Gasteiger partial charge in [0.15, 0.2) is 0 Å². The third-order valence-electron chi connectivity index (χ3n) is 5.35. The summed E-state index contributed by atoms with van der Waals surface area (Å²) in [5.74, 6) is 0.818. The van der Waals surface area contributed by atoms with Crippen LogP contribution >= 0.6 is 0 Å². The highest BCUT2D eigenvalue weighted by atomic mass is 19.1. The third kappa shape index (κ3) is 3.52. The second-order valence-electron chi connectivity index (χ2n) is 7.72. The maximum atomic E-state index is 13.5. The van der Waals surface area contributed by atoms with Crippen molar-refractivity contribution in [3.63, 3.8) is 0 Å². The minimum Gasteiger partial charge on any atom is -0.491 e. The molecule has 4 rings (SSSR count). The van der Waals surface area contributed by atoms with Gasteiger partial charge >= 0.3 is 0 Å². The molecule has 6 heteroatoms. The van der Waals surface area contributed by atoms with Gasteiger partial charge in [-0.15, -0.1) is 0 Å². The molecule has 0 saturated carbocycles. The molecule has 0 unspecified atom stereocenters. The molecule has 0 N–H and O–H groups in total. The van der Waals surface area contributed by atoms with Crippen molar-refractivity contribution in [3.05, 3.63) is 48.0 Å². The van der Waals surface area contributed by atoms with Crippen LogP contribution in [0.25, 0.3) is 22.2 Å². The zero-order chi connectivity index (χ0) is 21.3. The van der Waals surface area contributed by atoms with E-state index < -0.39 is 6.67 Å². The molecule has 1 amide bonds. The molecule has 1 aliphatic rings. The first-order valence-corrected chi connectivity index (χ1v) is 10.2. The summed E-state index contributed by atoms with van der Waals surface area (Å²) in [6, 6.07) is 15.5. The number of alkyl halides is 1. The lowest BCUT2D eigenvalue weighted by molar-refractivity contribution is -0.117. The summed E-state index contributed by atoms with van der Waals surface area (Å²) in [6.07, 6.45) is 1.46. The molecule has 2 aromatic carbocycles. The van der Waals surface area contributed by atoms with Gasteiger partial charge in [0.25, 0.3) is 0 Å². The molecule has 30 heavy (non-hydrogen) atoms. The quantitative estimate of drug-likeness (QED) is 0.576. The maximum absolute atomic E-state index is 13.5. The van der Waals surface area contributed by atoms with Crippen molar-refractivity contribution in [2.75, 3.05) is 18.1 Å². The SMILES string of the molecule is CC(C)Oc1ccc2c(C#N)c(-c3ccc(N4CCCC4=O)cc3)n(CCF)c2c1. The van der Waals surface area contributed by atoms with E-state index in [4.69, 9.17) is 4.74 Å². The van der Waals surface area contributed by atoms with Gasteiger partial charge in [-0.05, 0) is 50.1 Å². The predicted molar refractivity (Wildman–Crippen MR) is 115 cm³/mol. The third-order valence-corrected chi connectivity index (χ3v) is 5.35. The molecule has 2 heterocycles. The molecule has 5 nitrogen and oxygen atoms in total. The summed E-state index contributed by atoms with van der Waals surface area (Å²) in [5.41, 5.74) is 3.64. The fraction of sp³-hybridized carbons (Fsp3) is 0.333. The summed E-state index contributed by atoms with van der Waals surface area (Å²) in [4.78, 5) is 13.8. The van der Waals surface area contributed by atoms with E-state index in [0.29, 0.717) is 23.4 Å². The Labute approximate surface area is 175 Å². The van der Waals surface area contributed by atoms with Crippen molar-refractivity contribution in [1.29, 1.82) is 5.26 Å². The van der Waals surface area contributed by atoms with Crippen LogP contribution in [0.15, 0.2) is 42.5 Å². The number of anilines is 1. The second kappa shape index (κ2) is 8.19. The molecule has 3 aromatic rings. The Morgan fingerprint density at radius 1 is 1.20 bits per heavy atom. The molecule has 0 bridgehead atoms. The summed E-state index contributed by atoms with van der Waals surface area (Å²) in [5, 5.41) is 10.7. The predicted octanol–water partition coefficient (Wildman–Crippen LogP) is 5.06. The number of aryl methyl sites for hydroxylation is 1. The molecular weight excluding hydrogens is 381 g/mol. The van der Waals surface area contributed by atoms with Crippen LogP contribution in [0.4, 0.5) is 10.1 Å². The number of rotatable bonds is 6. The smallest absolute Gasteiger partial charge is 0.227 e. The van der Waals surface area contributed by atoms with E-state index in [0.717, 1.165) is 35.1 Å². The number of nitrogens with zero attached hydrogens (tertiary/aromatic N) is 3. The highest BCUT2D eigenvalue weighted by Crippen LogP contribution is 2.36. The number of aromatic nitrogens is 1. The summed E-state index contributed by atoms with van der Waals surface area (Å²) < 4.78 is 21.1. The minimum absolute atomic E-state index is 0.0165. The zero-order valence-electron chi connectivity index (χ0n) is 17.2. The largest absolute Gasteiger partial charge is 0.491 e. The van der Waals surface area contributed by atoms with E-state index in [1.54, 1.807) is 4.90 Å². The van der Waals surface area contributed by atoms with Gasteiger partial charge in [0.1, 0.15) is 18.5 Å². The Hall–Kier alpha value is -3.33. The van der Waals surface area contributed by atoms with Crippen LogP contribution in [0.2, 0.25) is 0 Å². The monoisotopic (exact) mass is 405 g/mol. The molecule has 154 valence electrons. The van der Waals surface area contributed by atoms with Crippen LogP contribution in [0.5, 0.6) is 5.75 Å². The Morgan fingerprint density at radius 3 is 2.57 bits per heavy atom. The lowest BCUT2D eigenvalue weighted by atomic mass is 10.1. The average molecular weight is 405 g/mol. The number of hydrogen-bond donors (Lipinski definition) is 0. The first-order chi connectivity index (χ1) is 14.5. The van der Waals surface area contributed by atoms with Gasteiger partial charge in [0, 0.05) is 30.1 Å². The molecule has 0 spiro atoms. The van der Waals surface area contributed by atoms with Gasteiger partial charge in [-0.3, -0.25) is 4.79 Å². The molecule has 1 aliphatic heterocycles. The molecule has 0 aliphatic carbocycles. The highest BCUT2D eigenvalue weighted by Gasteiger charge is 2.23. The van der Waals surface area contributed by atoms with Crippen LogP contribution in [-0.4, -0.2) is 29.8 Å². The Kier molecular flexibility index (Phi) is 5.45. The van der Waals surface area contributed by atoms with Gasteiger partial charge < -0.3 is 14.2 Å². The molecule has 1 aromatic heterocycles. The van der Waals surface area contributed by atoms with Gasteiger partial charge in [-0.25, -0.2) is 4.39 Å². The van der Waals surface area contributed by atoms with E-state index in [2.05, 4.69) is 6.07 Å². The number of halogens is 1. The van der Waals surface area contributed by atoms with Crippen molar-refractivity contribution in [3.8, 4) is 23.1 Å². The van der Waals surface area contributed by atoms with Gasteiger partial charge in [0.2, 0.25) is 5.91 Å². The van der Waals surface area contributed by atoms with Crippen molar-refractivity contribution < 1.29 is 13.9 Å². The molecule has 1 fully saturated rings. The molecule has 0 radical (unpaired) electrons. The van der Waals surface area contributed by atoms with Crippen molar-refractivity contribution in [1.82, 2.24) is 4.57 Å². The number of benzene rings is 2. The first-order valence-electron chi connectivity index (χ1n) is 10.2. The van der Waals surface area contributed by atoms with Crippen molar-refractivity contribution in [2.45, 2.75) is 39.3 Å². The maximum Gasteiger partial charge on any atom is 0.227 e. The standard InChI is InChI=1S/C24H24FN3O2/c1-16(2)30-19-9-10-20-21(15-26)24(28(13-11-25)22(20)14-19)17-5-7-18(8-6-17)27-12-3-4-23(27)29/h5-10,14,16H,3-4,11-13H2,1-2H3. The van der Waals surface area contributed by atoms with Crippen LogP contribution in [-0.2, 0) is 11.3 Å². The topological polar surface area (TPSA) is 58.3 Å². The number of carbonyl (C=O) groups is 1.